The first-order chi connectivity index (χ1) is 7.77. The molecule has 1 aliphatic rings. The molecule has 2 heterocycles. The van der Waals surface area contributed by atoms with Gasteiger partial charge in [-0.25, -0.2) is 0 Å². The maximum Gasteiger partial charge on any atom is 0.0438 e. The third-order valence-corrected chi connectivity index (χ3v) is 5.35. The average Bonchev–Trinajstić information content (AvgIpc) is 2.88. The van der Waals surface area contributed by atoms with E-state index in [2.05, 4.69) is 48.4 Å². The Balaban J connectivity index is 1.88. The van der Waals surface area contributed by atoms with Crippen molar-refractivity contribution in [1.29, 1.82) is 0 Å². The first-order valence-electron chi connectivity index (χ1n) is 6.12. The predicted octanol–water partition coefficient (Wildman–Crippen LogP) is 3.79. The molecule has 1 fully saturated rings. The molecule has 2 rings (SSSR count). The number of thiophene rings is 1. The van der Waals surface area contributed by atoms with Crippen LogP contribution in [-0.4, -0.2) is 18.1 Å². The highest BCUT2D eigenvalue weighted by molar-refractivity contribution is 7.99. The fraction of sp³-hybridized carbons (Fsp3) is 0.692. The van der Waals surface area contributed by atoms with E-state index in [9.17, 15) is 0 Å². The predicted molar refractivity (Wildman–Crippen MR) is 75.3 cm³/mol. The van der Waals surface area contributed by atoms with Crippen molar-refractivity contribution in [2.75, 3.05) is 18.1 Å². The highest BCUT2D eigenvalue weighted by Gasteiger charge is 2.20. The van der Waals surface area contributed by atoms with Crippen molar-refractivity contribution in [3.8, 4) is 0 Å². The Kier molecular flexibility index (Phi) is 4.74. The lowest BCUT2D eigenvalue weighted by Gasteiger charge is -2.23. The summed E-state index contributed by atoms with van der Waals surface area (Å²) in [5.74, 6) is 4.28. The van der Waals surface area contributed by atoms with E-state index in [-0.39, 0.29) is 0 Å². The Labute approximate surface area is 107 Å². The van der Waals surface area contributed by atoms with Gasteiger partial charge in [-0.3, -0.25) is 0 Å². The fourth-order valence-corrected chi connectivity index (χ4v) is 4.43. The molecule has 1 aromatic rings. The quantitative estimate of drug-likeness (QED) is 0.859. The highest BCUT2D eigenvalue weighted by atomic mass is 32.2. The Morgan fingerprint density at radius 3 is 2.94 bits per heavy atom. The van der Waals surface area contributed by atoms with Crippen LogP contribution in [0.5, 0.6) is 0 Å². The van der Waals surface area contributed by atoms with Gasteiger partial charge in [-0.2, -0.15) is 11.8 Å². The molecule has 0 aromatic carbocycles. The number of hydrogen-bond acceptors (Lipinski definition) is 3. The Morgan fingerprint density at radius 1 is 1.50 bits per heavy atom. The Morgan fingerprint density at radius 2 is 2.38 bits per heavy atom. The van der Waals surface area contributed by atoms with Gasteiger partial charge in [-0.15, -0.1) is 11.3 Å². The molecule has 0 radical (unpaired) electrons. The van der Waals surface area contributed by atoms with Crippen molar-refractivity contribution >= 4 is 23.1 Å². The average molecular weight is 255 g/mol. The Bertz CT molecular complexity index is 289. The fourth-order valence-electron chi connectivity index (χ4n) is 2.17. The molecule has 90 valence electrons. The van der Waals surface area contributed by atoms with Crippen LogP contribution in [-0.2, 0) is 0 Å². The zero-order valence-electron chi connectivity index (χ0n) is 10.1. The van der Waals surface area contributed by atoms with Crippen LogP contribution in [0.3, 0.4) is 0 Å². The zero-order chi connectivity index (χ0) is 11.4. The SMILES string of the molecule is CC(C)C(NCC1CCSC1)c1cccs1. The summed E-state index contributed by atoms with van der Waals surface area (Å²) in [7, 11) is 0. The monoisotopic (exact) mass is 255 g/mol. The lowest BCUT2D eigenvalue weighted by atomic mass is 10.0. The summed E-state index contributed by atoms with van der Waals surface area (Å²) < 4.78 is 0. The molecular weight excluding hydrogens is 234 g/mol. The summed E-state index contributed by atoms with van der Waals surface area (Å²) in [5.41, 5.74) is 0. The molecule has 0 aliphatic carbocycles. The lowest BCUT2D eigenvalue weighted by Crippen LogP contribution is -2.30. The van der Waals surface area contributed by atoms with E-state index in [0.717, 1.165) is 5.92 Å². The first-order valence-corrected chi connectivity index (χ1v) is 8.15. The molecule has 1 N–H and O–H groups in total. The summed E-state index contributed by atoms with van der Waals surface area (Å²) in [4.78, 5) is 1.49. The highest BCUT2D eigenvalue weighted by Crippen LogP contribution is 2.28. The van der Waals surface area contributed by atoms with E-state index in [4.69, 9.17) is 0 Å². The molecule has 0 amide bonds. The van der Waals surface area contributed by atoms with Crippen LogP contribution in [0, 0.1) is 11.8 Å². The third kappa shape index (κ3) is 3.25. The Hall–Kier alpha value is 0.01000. The van der Waals surface area contributed by atoms with Gasteiger partial charge < -0.3 is 5.32 Å². The van der Waals surface area contributed by atoms with Crippen LogP contribution >= 0.6 is 23.1 Å². The van der Waals surface area contributed by atoms with Crippen molar-refractivity contribution in [1.82, 2.24) is 5.32 Å². The molecule has 0 saturated carbocycles. The van der Waals surface area contributed by atoms with Gasteiger partial charge in [0, 0.05) is 10.9 Å². The van der Waals surface area contributed by atoms with Crippen LogP contribution in [0.2, 0.25) is 0 Å². The van der Waals surface area contributed by atoms with Crippen molar-refractivity contribution in [2.45, 2.75) is 26.3 Å². The minimum absolute atomic E-state index is 0.547. The second kappa shape index (κ2) is 6.08. The van der Waals surface area contributed by atoms with Gasteiger partial charge >= 0.3 is 0 Å². The van der Waals surface area contributed by atoms with Crippen molar-refractivity contribution < 1.29 is 0 Å². The summed E-state index contributed by atoms with van der Waals surface area (Å²) >= 11 is 3.98. The molecule has 0 spiro atoms. The third-order valence-electron chi connectivity index (χ3n) is 3.17. The van der Waals surface area contributed by atoms with Crippen molar-refractivity contribution in [3.63, 3.8) is 0 Å². The van der Waals surface area contributed by atoms with Crippen LogP contribution in [0.1, 0.15) is 31.2 Å². The first kappa shape index (κ1) is 12.5. The molecule has 0 bridgehead atoms. The van der Waals surface area contributed by atoms with Gasteiger partial charge in [0.25, 0.3) is 0 Å². The normalized spacial score (nSPS) is 22.8. The molecule has 1 aliphatic heterocycles. The number of hydrogen-bond donors (Lipinski definition) is 1. The molecule has 1 saturated heterocycles. The summed E-state index contributed by atoms with van der Waals surface area (Å²) in [6.07, 6.45) is 1.40. The van der Waals surface area contributed by atoms with Gasteiger partial charge in [0.05, 0.1) is 0 Å². The smallest absolute Gasteiger partial charge is 0.0438 e. The molecular formula is C13H21NS2. The van der Waals surface area contributed by atoms with Crippen LogP contribution < -0.4 is 5.32 Å². The van der Waals surface area contributed by atoms with Gasteiger partial charge in [-0.05, 0) is 47.8 Å². The summed E-state index contributed by atoms with van der Waals surface area (Å²) in [5, 5.41) is 5.94. The van der Waals surface area contributed by atoms with Crippen LogP contribution in [0.25, 0.3) is 0 Å². The van der Waals surface area contributed by atoms with Crippen molar-refractivity contribution in [2.24, 2.45) is 11.8 Å². The maximum absolute atomic E-state index is 3.76. The minimum atomic E-state index is 0.547. The second-order valence-electron chi connectivity index (χ2n) is 4.87. The summed E-state index contributed by atoms with van der Waals surface area (Å²) in [6, 6.07) is 4.96. The molecule has 2 unspecified atom stereocenters. The van der Waals surface area contributed by atoms with E-state index in [1.165, 1.54) is 29.3 Å². The summed E-state index contributed by atoms with van der Waals surface area (Å²) in [6.45, 7) is 5.80. The maximum atomic E-state index is 3.76. The topological polar surface area (TPSA) is 12.0 Å². The molecule has 1 nitrogen and oxygen atoms in total. The number of rotatable bonds is 5. The van der Waals surface area contributed by atoms with E-state index < -0.39 is 0 Å². The standard InChI is InChI=1S/C13H21NS2/c1-10(2)13(12-4-3-6-16-12)14-8-11-5-7-15-9-11/h3-4,6,10-11,13-14H,5,7-9H2,1-2H3. The lowest BCUT2D eigenvalue weighted by molar-refractivity contribution is 0.386. The van der Waals surface area contributed by atoms with Crippen molar-refractivity contribution in [3.05, 3.63) is 22.4 Å². The van der Waals surface area contributed by atoms with E-state index in [0.29, 0.717) is 12.0 Å². The van der Waals surface area contributed by atoms with Gasteiger partial charge in [0.1, 0.15) is 0 Å². The molecule has 16 heavy (non-hydrogen) atoms. The minimum Gasteiger partial charge on any atom is -0.309 e. The van der Waals surface area contributed by atoms with E-state index >= 15 is 0 Å². The van der Waals surface area contributed by atoms with Crippen LogP contribution in [0.15, 0.2) is 17.5 Å². The van der Waals surface area contributed by atoms with Crippen LogP contribution in [0.4, 0.5) is 0 Å². The molecule has 1 aromatic heterocycles. The van der Waals surface area contributed by atoms with Gasteiger partial charge in [0.2, 0.25) is 0 Å². The van der Waals surface area contributed by atoms with Gasteiger partial charge in [-0.1, -0.05) is 19.9 Å². The van der Waals surface area contributed by atoms with E-state index in [1.807, 2.05) is 11.3 Å². The number of thioether (sulfide) groups is 1. The number of nitrogens with one attached hydrogen (secondary N) is 1. The zero-order valence-corrected chi connectivity index (χ0v) is 11.7. The van der Waals surface area contributed by atoms with E-state index in [1.54, 1.807) is 0 Å². The molecule has 3 heteroatoms. The largest absolute Gasteiger partial charge is 0.309 e. The second-order valence-corrected chi connectivity index (χ2v) is 7.00. The molecule has 2 atom stereocenters. The van der Waals surface area contributed by atoms with Gasteiger partial charge in [0.15, 0.2) is 0 Å².